The minimum absolute atomic E-state index is 0.194. The molecule has 0 aromatic heterocycles. The Morgan fingerprint density at radius 1 is 0.818 bits per heavy atom. The number of nitrogens with one attached hydrogen (secondary N) is 2. The van der Waals surface area contributed by atoms with Gasteiger partial charge in [0.2, 0.25) is 5.91 Å². The van der Waals surface area contributed by atoms with Crippen LogP contribution in [0.15, 0.2) is 78.5 Å². The van der Waals surface area contributed by atoms with Gasteiger partial charge in [0.05, 0.1) is 11.3 Å². The van der Waals surface area contributed by atoms with Crippen LogP contribution in [0.1, 0.15) is 30.5 Å². The fourth-order valence-corrected chi connectivity index (χ4v) is 3.73. The normalized spacial score (nSPS) is 13.5. The average molecular weight is 440 g/mol. The Hall–Kier alpha value is -4.19. The summed E-state index contributed by atoms with van der Waals surface area (Å²) >= 11 is 0. The molecule has 0 saturated heterocycles. The van der Waals surface area contributed by atoms with Gasteiger partial charge in [0.25, 0.3) is 11.8 Å². The lowest BCUT2D eigenvalue weighted by Gasteiger charge is -2.16. The zero-order valence-electron chi connectivity index (χ0n) is 18.8. The molecule has 1 aliphatic heterocycles. The van der Waals surface area contributed by atoms with Gasteiger partial charge in [-0.3, -0.25) is 14.4 Å². The van der Waals surface area contributed by atoms with Crippen LogP contribution >= 0.6 is 0 Å². The molecule has 3 aromatic rings. The van der Waals surface area contributed by atoms with Crippen LogP contribution in [0, 0.1) is 6.92 Å². The molecule has 4 rings (SSSR count). The molecule has 2 N–H and O–H groups in total. The Morgan fingerprint density at radius 2 is 1.42 bits per heavy atom. The summed E-state index contributed by atoms with van der Waals surface area (Å²) in [6, 6.07) is 21.9. The molecule has 0 unspecified atom stereocenters. The number of carbonyl (C=O) groups excluding carboxylic acids is 3. The summed E-state index contributed by atoms with van der Waals surface area (Å²) in [7, 11) is 0. The van der Waals surface area contributed by atoms with Crippen LogP contribution in [0.2, 0.25) is 0 Å². The van der Waals surface area contributed by atoms with Gasteiger partial charge in [-0.15, -0.1) is 0 Å². The van der Waals surface area contributed by atoms with Crippen LogP contribution in [0.4, 0.5) is 17.1 Å². The number of carbonyl (C=O) groups is 3. The van der Waals surface area contributed by atoms with Crippen molar-refractivity contribution in [1.82, 2.24) is 0 Å². The van der Waals surface area contributed by atoms with Gasteiger partial charge in [-0.05, 0) is 60.9 Å². The van der Waals surface area contributed by atoms with Crippen molar-refractivity contribution in [2.45, 2.75) is 27.2 Å². The molecular weight excluding hydrogens is 414 g/mol. The molecule has 0 fully saturated rings. The number of aryl methyl sites for hydroxylation is 2. The first-order chi connectivity index (χ1) is 15.9. The smallest absolute Gasteiger partial charge is 0.282 e. The van der Waals surface area contributed by atoms with Crippen molar-refractivity contribution in [2.24, 2.45) is 0 Å². The summed E-state index contributed by atoms with van der Waals surface area (Å²) in [6.45, 7) is 5.47. The molecule has 0 atom stereocenters. The maximum Gasteiger partial charge on any atom is 0.282 e. The molecule has 166 valence electrons. The molecule has 0 aliphatic carbocycles. The number of benzene rings is 3. The predicted molar refractivity (Wildman–Crippen MR) is 131 cm³/mol. The van der Waals surface area contributed by atoms with E-state index in [1.165, 1.54) is 12.5 Å². The van der Waals surface area contributed by atoms with E-state index >= 15 is 0 Å². The van der Waals surface area contributed by atoms with Crippen molar-refractivity contribution in [3.05, 3.63) is 95.2 Å². The SMILES string of the molecule is CCc1ccc(NC2=C(c3ccc(C)cc3)C(=O)N(c3ccc(NC(C)=O)cc3)C2=O)cc1. The molecule has 6 heteroatoms. The molecule has 3 aromatic carbocycles. The van der Waals surface area contributed by atoms with Gasteiger partial charge in [0, 0.05) is 18.3 Å². The van der Waals surface area contributed by atoms with Crippen molar-refractivity contribution in [1.29, 1.82) is 0 Å². The van der Waals surface area contributed by atoms with E-state index in [1.807, 2.05) is 55.5 Å². The zero-order chi connectivity index (χ0) is 23.5. The number of imide groups is 1. The monoisotopic (exact) mass is 439 g/mol. The van der Waals surface area contributed by atoms with E-state index in [2.05, 4.69) is 17.6 Å². The molecule has 0 bridgehead atoms. The van der Waals surface area contributed by atoms with Crippen LogP contribution in [0.3, 0.4) is 0 Å². The molecule has 0 spiro atoms. The lowest BCUT2D eigenvalue weighted by molar-refractivity contribution is -0.120. The van der Waals surface area contributed by atoms with Gasteiger partial charge in [0.15, 0.2) is 0 Å². The van der Waals surface area contributed by atoms with Gasteiger partial charge in [-0.1, -0.05) is 48.9 Å². The first-order valence-electron chi connectivity index (χ1n) is 10.8. The molecule has 0 radical (unpaired) electrons. The Kier molecular flexibility index (Phi) is 6.09. The van der Waals surface area contributed by atoms with Crippen molar-refractivity contribution < 1.29 is 14.4 Å². The third-order valence-corrected chi connectivity index (χ3v) is 5.50. The standard InChI is InChI=1S/C27H25N3O3/c1-4-19-7-11-22(12-8-19)29-25-24(20-9-5-17(2)6-10-20)26(32)30(27(25)33)23-15-13-21(14-16-23)28-18(3)31/h5-16,29H,4H2,1-3H3,(H,28,31). The molecular formula is C27H25N3O3. The van der Waals surface area contributed by atoms with Crippen LogP contribution in [-0.4, -0.2) is 17.7 Å². The predicted octanol–water partition coefficient (Wildman–Crippen LogP) is 4.91. The molecule has 3 amide bonds. The summed E-state index contributed by atoms with van der Waals surface area (Å²) in [5, 5.41) is 5.87. The zero-order valence-corrected chi connectivity index (χ0v) is 18.8. The second-order valence-electron chi connectivity index (χ2n) is 7.97. The second kappa shape index (κ2) is 9.12. The molecule has 1 aliphatic rings. The van der Waals surface area contributed by atoms with Gasteiger partial charge in [0.1, 0.15) is 5.70 Å². The van der Waals surface area contributed by atoms with E-state index < -0.39 is 11.8 Å². The summed E-state index contributed by atoms with van der Waals surface area (Å²) in [4.78, 5) is 39.4. The first kappa shape index (κ1) is 22.0. The lowest BCUT2D eigenvalue weighted by Crippen LogP contribution is -2.32. The maximum absolute atomic E-state index is 13.5. The fraction of sp³-hybridized carbons (Fsp3) is 0.148. The van der Waals surface area contributed by atoms with Gasteiger partial charge in [-0.25, -0.2) is 4.90 Å². The number of amides is 3. The minimum atomic E-state index is -0.428. The Labute approximate surface area is 192 Å². The summed E-state index contributed by atoms with van der Waals surface area (Å²) in [5.74, 6) is -1.02. The van der Waals surface area contributed by atoms with Gasteiger partial charge < -0.3 is 10.6 Å². The third-order valence-electron chi connectivity index (χ3n) is 5.50. The van der Waals surface area contributed by atoms with Crippen LogP contribution < -0.4 is 15.5 Å². The number of anilines is 3. The van der Waals surface area contributed by atoms with Crippen LogP contribution in [-0.2, 0) is 20.8 Å². The van der Waals surface area contributed by atoms with E-state index in [4.69, 9.17) is 0 Å². The highest BCUT2D eigenvalue weighted by molar-refractivity contribution is 6.46. The molecule has 33 heavy (non-hydrogen) atoms. The Balaban J connectivity index is 1.73. The molecule has 1 heterocycles. The van der Waals surface area contributed by atoms with Gasteiger partial charge in [-0.2, -0.15) is 0 Å². The fourth-order valence-electron chi connectivity index (χ4n) is 3.73. The summed E-state index contributed by atoms with van der Waals surface area (Å²) in [6.07, 6.45) is 0.914. The molecule has 6 nitrogen and oxygen atoms in total. The van der Waals surface area contributed by atoms with Crippen molar-refractivity contribution >= 4 is 40.4 Å². The summed E-state index contributed by atoms with van der Waals surface area (Å²) in [5.41, 5.74) is 5.23. The van der Waals surface area contributed by atoms with E-state index in [1.54, 1.807) is 24.3 Å². The molecule has 0 saturated carbocycles. The van der Waals surface area contributed by atoms with E-state index in [9.17, 15) is 14.4 Å². The highest BCUT2D eigenvalue weighted by atomic mass is 16.2. The minimum Gasteiger partial charge on any atom is -0.350 e. The quantitative estimate of drug-likeness (QED) is 0.535. The number of rotatable bonds is 6. The van der Waals surface area contributed by atoms with Crippen LogP contribution in [0.5, 0.6) is 0 Å². The van der Waals surface area contributed by atoms with E-state index in [0.717, 1.165) is 22.6 Å². The third kappa shape index (κ3) is 4.55. The topological polar surface area (TPSA) is 78.5 Å². The van der Waals surface area contributed by atoms with Crippen molar-refractivity contribution in [2.75, 3.05) is 15.5 Å². The number of nitrogens with zero attached hydrogens (tertiary/aromatic N) is 1. The van der Waals surface area contributed by atoms with Crippen molar-refractivity contribution in [3.63, 3.8) is 0 Å². The summed E-state index contributed by atoms with van der Waals surface area (Å²) < 4.78 is 0. The van der Waals surface area contributed by atoms with E-state index in [0.29, 0.717) is 22.5 Å². The maximum atomic E-state index is 13.5. The number of hydrogen-bond acceptors (Lipinski definition) is 4. The Morgan fingerprint density at radius 3 is 2.00 bits per heavy atom. The average Bonchev–Trinajstić information content (AvgIpc) is 3.04. The van der Waals surface area contributed by atoms with Crippen molar-refractivity contribution in [3.8, 4) is 0 Å². The van der Waals surface area contributed by atoms with Gasteiger partial charge >= 0.3 is 0 Å². The number of hydrogen-bond donors (Lipinski definition) is 2. The van der Waals surface area contributed by atoms with Crippen LogP contribution in [0.25, 0.3) is 5.57 Å². The Bertz CT molecular complexity index is 1240. The second-order valence-corrected chi connectivity index (χ2v) is 7.97. The highest BCUT2D eigenvalue weighted by Gasteiger charge is 2.40. The largest absolute Gasteiger partial charge is 0.350 e. The first-order valence-corrected chi connectivity index (χ1v) is 10.8. The lowest BCUT2D eigenvalue weighted by atomic mass is 10.0. The van der Waals surface area contributed by atoms with E-state index in [-0.39, 0.29) is 11.6 Å². The highest BCUT2D eigenvalue weighted by Crippen LogP contribution is 2.34.